The second kappa shape index (κ2) is 18.1. The van der Waals surface area contributed by atoms with Crippen molar-refractivity contribution in [1.82, 2.24) is 19.6 Å². The number of rotatable bonds is 14. The van der Waals surface area contributed by atoms with Crippen molar-refractivity contribution in [3.8, 4) is 0 Å². The summed E-state index contributed by atoms with van der Waals surface area (Å²) in [7, 11) is 0. The lowest BCUT2D eigenvalue weighted by atomic mass is 10.0. The summed E-state index contributed by atoms with van der Waals surface area (Å²) in [6.07, 6.45) is -7.34. The van der Waals surface area contributed by atoms with Gasteiger partial charge in [-0.3, -0.25) is 39.7 Å². The van der Waals surface area contributed by atoms with Crippen molar-refractivity contribution in [2.24, 2.45) is 0 Å². The zero-order chi connectivity index (χ0) is 31.1. The summed E-state index contributed by atoms with van der Waals surface area (Å²) < 4.78 is 38.1. The molecule has 0 aromatic heterocycles. The number of carboxylic acids is 2. The topological polar surface area (TPSA) is 179 Å². The summed E-state index contributed by atoms with van der Waals surface area (Å²) in [5.41, 5.74) is 0.697. The van der Waals surface area contributed by atoms with Crippen LogP contribution < -0.4 is 5.32 Å². The Kier molecular flexibility index (Phi) is 15.4. The van der Waals surface area contributed by atoms with E-state index < -0.39 is 30.4 Å². The van der Waals surface area contributed by atoms with E-state index in [-0.39, 0.29) is 51.5 Å². The quantitative estimate of drug-likeness (QED) is 0.0959. The predicted octanol–water partition coefficient (Wildman–Crippen LogP) is 0.260. The van der Waals surface area contributed by atoms with E-state index in [1.807, 2.05) is 15.1 Å². The Morgan fingerprint density at radius 1 is 0.857 bits per heavy atom. The van der Waals surface area contributed by atoms with Crippen LogP contribution in [0.1, 0.15) is 5.56 Å². The highest BCUT2D eigenvalue weighted by molar-refractivity contribution is 5.69. The van der Waals surface area contributed by atoms with E-state index in [4.69, 9.17) is 10.5 Å². The lowest BCUT2D eigenvalue weighted by Crippen LogP contribution is -2.53. The molecule has 2 rings (SSSR count). The lowest BCUT2D eigenvalue weighted by Gasteiger charge is -2.38. The molecule has 17 heteroatoms. The monoisotopic (exact) mass is 611 g/mol. The van der Waals surface area contributed by atoms with Crippen LogP contribution in [-0.2, 0) is 25.8 Å². The molecule has 2 atom stereocenters. The number of aliphatic hydroxyl groups excluding tert-OH is 1. The lowest BCUT2D eigenvalue weighted by molar-refractivity contribution is -0.245. The van der Waals surface area contributed by atoms with E-state index in [1.54, 1.807) is 21.9 Å². The third-order valence-electron chi connectivity index (χ3n) is 6.89. The summed E-state index contributed by atoms with van der Waals surface area (Å²) >= 11 is 0. The van der Waals surface area contributed by atoms with Crippen molar-refractivity contribution in [2.45, 2.75) is 24.9 Å². The van der Waals surface area contributed by atoms with Crippen LogP contribution >= 0.6 is 0 Å². The van der Waals surface area contributed by atoms with E-state index in [0.717, 1.165) is 0 Å². The van der Waals surface area contributed by atoms with Crippen molar-refractivity contribution in [2.75, 3.05) is 90.5 Å². The van der Waals surface area contributed by atoms with Crippen LogP contribution in [0.3, 0.4) is 0 Å². The summed E-state index contributed by atoms with van der Waals surface area (Å²) in [5, 5.41) is 48.2. The molecule has 1 aliphatic rings. The second-order valence-corrected chi connectivity index (χ2v) is 9.99. The first-order valence-electron chi connectivity index (χ1n) is 13.4. The van der Waals surface area contributed by atoms with Gasteiger partial charge in [-0.25, -0.2) is 9.78 Å². The molecule has 6 N–H and O–H groups in total. The molecule has 2 unspecified atom stereocenters. The maximum absolute atomic E-state index is 12.7. The average molecular weight is 612 g/mol. The molecule has 0 bridgehead atoms. The van der Waals surface area contributed by atoms with Gasteiger partial charge in [-0.2, -0.15) is 13.2 Å². The average Bonchev–Trinajstić information content (AvgIpc) is 2.91. The Labute approximate surface area is 241 Å². The third kappa shape index (κ3) is 13.6. The predicted molar refractivity (Wildman–Crippen MR) is 143 cm³/mol. The number of nitrogens with zero attached hydrogens (tertiary/aromatic N) is 4. The molecule has 0 saturated carbocycles. The van der Waals surface area contributed by atoms with Crippen molar-refractivity contribution in [3.05, 3.63) is 29.8 Å². The summed E-state index contributed by atoms with van der Waals surface area (Å²) in [6, 6.07) is 5.36. The number of aliphatic carboxylic acids is 2. The van der Waals surface area contributed by atoms with Gasteiger partial charge < -0.3 is 20.6 Å². The minimum Gasteiger partial charge on any atom is -0.480 e. The second-order valence-electron chi connectivity index (χ2n) is 9.99. The highest BCUT2D eigenvalue weighted by Crippen LogP contribution is 2.23. The maximum atomic E-state index is 12.7. The van der Waals surface area contributed by atoms with E-state index in [0.29, 0.717) is 51.4 Å². The van der Waals surface area contributed by atoms with Gasteiger partial charge in [0.25, 0.3) is 0 Å². The van der Waals surface area contributed by atoms with Crippen LogP contribution in [0.25, 0.3) is 0 Å². The van der Waals surface area contributed by atoms with Gasteiger partial charge in [-0.05, 0) is 24.1 Å². The molecule has 1 saturated heterocycles. The first-order chi connectivity index (χ1) is 19.9. The van der Waals surface area contributed by atoms with Crippen LogP contribution in [0.5, 0.6) is 0 Å². The van der Waals surface area contributed by atoms with E-state index in [9.17, 15) is 38.1 Å². The van der Waals surface area contributed by atoms with E-state index in [1.165, 1.54) is 12.1 Å². The highest BCUT2D eigenvalue weighted by Gasteiger charge is 2.38. The molecular weight excluding hydrogens is 571 g/mol. The molecule has 1 aromatic rings. The van der Waals surface area contributed by atoms with Crippen molar-refractivity contribution < 1.29 is 58.4 Å². The Balaban J connectivity index is 2.34. The zero-order valence-electron chi connectivity index (χ0n) is 23.2. The molecule has 0 aliphatic carbocycles. The number of carbonyl (C=O) groups is 2. The molecule has 1 aromatic carbocycles. The van der Waals surface area contributed by atoms with Gasteiger partial charge in [0.2, 0.25) is 6.23 Å². The minimum absolute atomic E-state index is 0.0257. The number of hydrogen-bond donors (Lipinski definition) is 6. The SMILES string of the molecule is O=C(O)CN1CCN(CCOO)CCN(CCOO)CCN(CC(=O)O)C(Cc2ccc(NC(O)C(F)(F)F)cc2)C1. The standard InChI is InChI=1S/C25H40F3N5O9/c26-25(27,28)24(38)29-20-3-1-19(2-4-20)15-21-16-32(17-22(34)35)8-7-30(11-13-41-39)5-6-31(12-14-42-40)9-10-33(21)18-23(36)37/h1-4,21,24,29,38-40H,5-18H2,(H,34,35)(H,36,37). The first kappa shape index (κ1) is 35.6. The third-order valence-corrected chi connectivity index (χ3v) is 6.89. The molecule has 240 valence electrons. The number of aliphatic hydroxyl groups is 1. The number of nitrogens with one attached hydrogen (secondary N) is 1. The number of benzene rings is 1. The molecule has 42 heavy (non-hydrogen) atoms. The summed E-state index contributed by atoms with van der Waals surface area (Å²) in [4.78, 5) is 39.4. The molecule has 1 fully saturated rings. The first-order valence-corrected chi connectivity index (χ1v) is 13.4. The fourth-order valence-corrected chi connectivity index (χ4v) is 4.69. The van der Waals surface area contributed by atoms with Crippen LogP contribution in [0.2, 0.25) is 0 Å². The molecule has 1 heterocycles. The van der Waals surface area contributed by atoms with Crippen molar-refractivity contribution in [3.63, 3.8) is 0 Å². The highest BCUT2D eigenvalue weighted by atomic mass is 19.4. The number of halogens is 3. The van der Waals surface area contributed by atoms with Crippen molar-refractivity contribution in [1.29, 1.82) is 0 Å². The Morgan fingerprint density at radius 3 is 1.83 bits per heavy atom. The van der Waals surface area contributed by atoms with Gasteiger partial charge in [0.1, 0.15) is 0 Å². The van der Waals surface area contributed by atoms with Crippen molar-refractivity contribution >= 4 is 17.6 Å². The normalized spacial score (nSPS) is 20.0. The Hall–Kier alpha value is -2.61. The maximum Gasteiger partial charge on any atom is 0.433 e. The molecule has 0 amide bonds. The van der Waals surface area contributed by atoms with Gasteiger partial charge in [0.05, 0.1) is 26.3 Å². The molecule has 14 nitrogen and oxygen atoms in total. The van der Waals surface area contributed by atoms with E-state index in [2.05, 4.69) is 9.78 Å². The van der Waals surface area contributed by atoms with Crippen LogP contribution in [-0.4, -0.2) is 161 Å². The summed E-state index contributed by atoms with van der Waals surface area (Å²) in [5.74, 6) is -2.15. The van der Waals surface area contributed by atoms with Gasteiger partial charge in [0, 0.05) is 70.6 Å². The Bertz CT molecular complexity index is 945. The molecule has 1 aliphatic heterocycles. The minimum atomic E-state index is -4.85. The largest absolute Gasteiger partial charge is 0.480 e. The number of carboxylic acid groups (broad SMARTS) is 2. The van der Waals surface area contributed by atoms with Crippen LogP contribution in [0, 0.1) is 0 Å². The van der Waals surface area contributed by atoms with E-state index >= 15 is 0 Å². The zero-order valence-corrected chi connectivity index (χ0v) is 23.2. The van der Waals surface area contributed by atoms with Gasteiger partial charge >= 0.3 is 18.1 Å². The van der Waals surface area contributed by atoms with Crippen LogP contribution in [0.15, 0.2) is 24.3 Å². The smallest absolute Gasteiger partial charge is 0.433 e. The molecule has 0 spiro atoms. The van der Waals surface area contributed by atoms with Gasteiger partial charge in [0.15, 0.2) is 0 Å². The number of anilines is 1. The van der Waals surface area contributed by atoms with Crippen LogP contribution in [0.4, 0.5) is 18.9 Å². The van der Waals surface area contributed by atoms with Gasteiger partial charge in [-0.1, -0.05) is 12.1 Å². The van der Waals surface area contributed by atoms with Gasteiger partial charge in [-0.15, -0.1) is 0 Å². The number of hydrogen-bond acceptors (Lipinski definition) is 12. The molecular formula is C25H40F3N5O9. The summed E-state index contributed by atoms with van der Waals surface area (Å²) in [6.45, 7) is 2.78. The fourth-order valence-electron chi connectivity index (χ4n) is 4.69. The fraction of sp³-hybridized carbons (Fsp3) is 0.680. The molecule has 0 radical (unpaired) electrons. The Morgan fingerprint density at radius 2 is 1.36 bits per heavy atom. The number of alkyl halides is 3.